The Balaban J connectivity index is 1.55. The summed E-state index contributed by atoms with van der Waals surface area (Å²) in [6, 6.07) is 39.5. The topological polar surface area (TPSA) is 105 Å². The standard InChI is InChI=1S/C41H43N3O6S/c1-31(2)28-42-41(46)39(27-32-14-7-4-8-15-32)43(29-33-16-13-19-37(26-33)49-3)40(45)30-44(51(47,48)38-20-11-6-12-21-38)34-22-24-36(25-23-34)50-35-17-9-5-10-18-35/h4-26,31,39H,27-30H2,1-3H3,(H,42,46)/t39-/m1/s1. The summed E-state index contributed by atoms with van der Waals surface area (Å²) >= 11 is 0. The fraction of sp³-hybridized carbons (Fsp3) is 0.220. The molecule has 2 amide bonds. The molecule has 1 atom stereocenters. The van der Waals surface area contributed by atoms with Crippen molar-refractivity contribution >= 4 is 27.5 Å². The van der Waals surface area contributed by atoms with Gasteiger partial charge in [0, 0.05) is 19.5 Å². The van der Waals surface area contributed by atoms with E-state index in [9.17, 15) is 18.0 Å². The molecule has 0 aromatic heterocycles. The molecule has 0 radical (unpaired) electrons. The van der Waals surface area contributed by atoms with Gasteiger partial charge in [0.1, 0.15) is 29.8 Å². The van der Waals surface area contributed by atoms with Crippen LogP contribution in [0.5, 0.6) is 17.2 Å². The molecule has 5 rings (SSSR count). The number of carbonyl (C=O) groups is 2. The van der Waals surface area contributed by atoms with E-state index < -0.39 is 28.5 Å². The van der Waals surface area contributed by atoms with Gasteiger partial charge < -0.3 is 19.7 Å². The second-order valence-electron chi connectivity index (χ2n) is 12.5. The van der Waals surface area contributed by atoms with Crippen LogP contribution in [-0.4, -0.2) is 51.4 Å². The number of rotatable bonds is 16. The van der Waals surface area contributed by atoms with Crippen LogP contribution in [0.1, 0.15) is 25.0 Å². The van der Waals surface area contributed by atoms with Gasteiger partial charge in [-0.1, -0.05) is 92.7 Å². The number of anilines is 1. The third-order valence-corrected chi connectivity index (χ3v) is 9.94. The molecule has 0 saturated carbocycles. The van der Waals surface area contributed by atoms with Crippen LogP contribution in [0.15, 0.2) is 144 Å². The van der Waals surface area contributed by atoms with Crippen molar-refractivity contribution in [2.45, 2.75) is 37.8 Å². The highest BCUT2D eigenvalue weighted by atomic mass is 32.2. The molecule has 5 aromatic carbocycles. The van der Waals surface area contributed by atoms with Crippen molar-refractivity contribution in [2.24, 2.45) is 5.92 Å². The molecule has 5 aromatic rings. The molecule has 0 saturated heterocycles. The van der Waals surface area contributed by atoms with Gasteiger partial charge in [-0.2, -0.15) is 0 Å². The van der Waals surface area contributed by atoms with E-state index in [1.54, 1.807) is 61.7 Å². The second kappa shape index (κ2) is 17.4. The Morgan fingerprint density at radius 2 is 1.27 bits per heavy atom. The zero-order valence-corrected chi connectivity index (χ0v) is 29.8. The Labute approximate surface area is 300 Å². The molecule has 10 heteroatoms. The third-order valence-electron chi connectivity index (χ3n) is 8.16. The minimum absolute atomic E-state index is 0.0252. The molecular weight excluding hydrogens is 663 g/mol. The Bertz CT molecular complexity index is 1970. The van der Waals surface area contributed by atoms with Crippen LogP contribution in [0, 0.1) is 5.92 Å². The number of amides is 2. The van der Waals surface area contributed by atoms with E-state index in [2.05, 4.69) is 5.32 Å². The summed E-state index contributed by atoms with van der Waals surface area (Å²) in [5.74, 6) is 1.01. The lowest BCUT2D eigenvalue weighted by Crippen LogP contribution is -2.53. The Hall–Kier alpha value is -5.61. The van der Waals surface area contributed by atoms with Gasteiger partial charge in [0.25, 0.3) is 10.0 Å². The molecule has 0 heterocycles. The number of carbonyl (C=O) groups excluding carboxylic acids is 2. The van der Waals surface area contributed by atoms with Crippen molar-refractivity contribution in [2.75, 3.05) is 24.5 Å². The number of hydrogen-bond acceptors (Lipinski definition) is 6. The molecule has 0 aliphatic heterocycles. The second-order valence-corrected chi connectivity index (χ2v) is 14.3. The molecule has 0 unspecified atom stereocenters. The molecular formula is C41H43N3O6S. The summed E-state index contributed by atoms with van der Waals surface area (Å²) in [5.41, 5.74) is 1.84. The first-order valence-electron chi connectivity index (χ1n) is 16.8. The number of methoxy groups -OCH3 is 1. The summed E-state index contributed by atoms with van der Waals surface area (Å²) in [4.78, 5) is 30.2. The van der Waals surface area contributed by atoms with Crippen LogP contribution in [0.4, 0.5) is 5.69 Å². The van der Waals surface area contributed by atoms with E-state index in [4.69, 9.17) is 9.47 Å². The number of ether oxygens (including phenoxy) is 2. The lowest BCUT2D eigenvalue weighted by Gasteiger charge is -2.34. The highest BCUT2D eigenvalue weighted by molar-refractivity contribution is 7.92. The molecule has 264 valence electrons. The van der Waals surface area contributed by atoms with Gasteiger partial charge in [0.2, 0.25) is 11.8 Å². The van der Waals surface area contributed by atoms with E-state index in [1.807, 2.05) is 86.6 Å². The molecule has 0 spiro atoms. The predicted molar refractivity (Wildman–Crippen MR) is 199 cm³/mol. The van der Waals surface area contributed by atoms with Gasteiger partial charge in [0.15, 0.2) is 0 Å². The average Bonchev–Trinajstić information content (AvgIpc) is 3.15. The molecule has 1 N–H and O–H groups in total. The molecule has 0 aliphatic rings. The molecule has 51 heavy (non-hydrogen) atoms. The number of para-hydroxylation sites is 1. The zero-order chi connectivity index (χ0) is 36.2. The van der Waals surface area contributed by atoms with Gasteiger partial charge in [-0.05, 0) is 77.7 Å². The molecule has 0 aliphatic carbocycles. The van der Waals surface area contributed by atoms with Crippen LogP contribution >= 0.6 is 0 Å². The summed E-state index contributed by atoms with van der Waals surface area (Å²) in [6.07, 6.45) is 0.220. The molecule has 0 bridgehead atoms. The number of nitrogens with one attached hydrogen (secondary N) is 1. The molecule has 0 fully saturated rings. The summed E-state index contributed by atoms with van der Waals surface area (Å²) in [7, 11) is -2.68. The van der Waals surface area contributed by atoms with Gasteiger partial charge in [-0.25, -0.2) is 8.42 Å². The minimum atomic E-state index is -4.24. The van der Waals surface area contributed by atoms with Crippen LogP contribution in [0.2, 0.25) is 0 Å². The van der Waals surface area contributed by atoms with Crippen LogP contribution in [0.25, 0.3) is 0 Å². The van der Waals surface area contributed by atoms with Crippen LogP contribution in [-0.2, 0) is 32.6 Å². The van der Waals surface area contributed by atoms with Crippen molar-refractivity contribution in [3.05, 3.63) is 151 Å². The summed E-state index contributed by atoms with van der Waals surface area (Å²) < 4.78 is 41.1. The van der Waals surface area contributed by atoms with Crippen molar-refractivity contribution in [3.8, 4) is 17.2 Å². The Kier molecular flexibility index (Phi) is 12.5. The summed E-state index contributed by atoms with van der Waals surface area (Å²) in [5, 5.41) is 3.01. The van der Waals surface area contributed by atoms with Gasteiger partial charge >= 0.3 is 0 Å². The number of benzene rings is 5. The first kappa shape index (κ1) is 36.7. The highest BCUT2D eigenvalue weighted by Crippen LogP contribution is 2.29. The zero-order valence-electron chi connectivity index (χ0n) is 29.0. The van der Waals surface area contributed by atoms with Crippen molar-refractivity contribution < 1.29 is 27.5 Å². The first-order chi connectivity index (χ1) is 24.6. The normalized spacial score (nSPS) is 11.8. The fourth-order valence-electron chi connectivity index (χ4n) is 5.50. The smallest absolute Gasteiger partial charge is 0.264 e. The monoisotopic (exact) mass is 705 g/mol. The third kappa shape index (κ3) is 9.98. The van der Waals surface area contributed by atoms with Gasteiger partial charge in [-0.3, -0.25) is 13.9 Å². The highest BCUT2D eigenvalue weighted by Gasteiger charge is 2.34. The van der Waals surface area contributed by atoms with Crippen molar-refractivity contribution in [1.29, 1.82) is 0 Å². The van der Waals surface area contributed by atoms with E-state index in [-0.39, 0.29) is 35.4 Å². The van der Waals surface area contributed by atoms with Crippen molar-refractivity contribution in [1.82, 2.24) is 10.2 Å². The van der Waals surface area contributed by atoms with Crippen LogP contribution < -0.4 is 19.1 Å². The average molecular weight is 706 g/mol. The number of hydrogen-bond donors (Lipinski definition) is 1. The van der Waals surface area contributed by atoms with E-state index in [1.165, 1.54) is 17.0 Å². The largest absolute Gasteiger partial charge is 0.497 e. The minimum Gasteiger partial charge on any atom is -0.497 e. The maximum Gasteiger partial charge on any atom is 0.264 e. The Morgan fingerprint density at radius 3 is 1.90 bits per heavy atom. The van der Waals surface area contributed by atoms with E-state index in [0.29, 0.717) is 23.8 Å². The van der Waals surface area contributed by atoms with E-state index >= 15 is 0 Å². The van der Waals surface area contributed by atoms with Crippen molar-refractivity contribution in [3.63, 3.8) is 0 Å². The summed E-state index contributed by atoms with van der Waals surface area (Å²) in [6.45, 7) is 3.87. The number of nitrogens with zero attached hydrogens (tertiary/aromatic N) is 2. The maximum atomic E-state index is 14.7. The fourth-order valence-corrected chi connectivity index (χ4v) is 6.93. The van der Waals surface area contributed by atoms with Gasteiger partial charge in [-0.15, -0.1) is 0 Å². The molecule has 9 nitrogen and oxygen atoms in total. The van der Waals surface area contributed by atoms with Crippen LogP contribution in [0.3, 0.4) is 0 Å². The first-order valence-corrected chi connectivity index (χ1v) is 18.2. The lowest BCUT2D eigenvalue weighted by atomic mass is 10.0. The lowest BCUT2D eigenvalue weighted by molar-refractivity contribution is -0.140. The van der Waals surface area contributed by atoms with Gasteiger partial charge in [0.05, 0.1) is 17.7 Å². The predicted octanol–water partition coefficient (Wildman–Crippen LogP) is 7.10. The number of sulfonamides is 1. The SMILES string of the molecule is COc1cccc(CN(C(=O)CN(c2ccc(Oc3ccccc3)cc2)S(=O)(=O)c2ccccc2)[C@H](Cc2ccccc2)C(=O)NCC(C)C)c1. The Morgan fingerprint density at radius 1 is 0.706 bits per heavy atom. The van der Waals surface area contributed by atoms with E-state index in [0.717, 1.165) is 15.4 Å². The maximum absolute atomic E-state index is 14.7. The quantitative estimate of drug-likeness (QED) is 0.118.